The molecule has 8 heteroatoms. The summed E-state index contributed by atoms with van der Waals surface area (Å²) < 4.78 is 8.55. The zero-order valence-electron chi connectivity index (χ0n) is 11.1. The summed E-state index contributed by atoms with van der Waals surface area (Å²) >= 11 is 0. The fraction of sp³-hybridized carbons (Fsp3) is 0.250. The maximum atomic E-state index is 4.97. The highest BCUT2D eigenvalue weighted by Gasteiger charge is 2.09. The first-order chi connectivity index (χ1) is 9.76. The Morgan fingerprint density at radius 2 is 2.10 bits per heavy atom. The molecule has 0 aliphatic rings. The van der Waals surface area contributed by atoms with Gasteiger partial charge in [0.05, 0.1) is 25.5 Å². The van der Waals surface area contributed by atoms with Gasteiger partial charge in [-0.15, -0.1) is 15.3 Å². The van der Waals surface area contributed by atoms with Crippen LogP contribution in [0.15, 0.2) is 30.7 Å². The standard InChI is InChI=1S/C12H13N7O/c1-18-6-5-13-12(18)10-8-19(17-15-10)7-9-3-4-11(20-2)16-14-9/h3-6,8H,7H2,1-2H3. The molecule has 0 aliphatic heterocycles. The van der Waals surface area contributed by atoms with Crippen LogP contribution in [0.25, 0.3) is 11.5 Å². The van der Waals surface area contributed by atoms with Crippen molar-refractivity contribution in [3.63, 3.8) is 0 Å². The van der Waals surface area contributed by atoms with E-state index in [0.29, 0.717) is 12.4 Å². The van der Waals surface area contributed by atoms with Crippen LogP contribution < -0.4 is 4.74 Å². The van der Waals surface area contributed by atoms with E-state index in [1.807, 2.05) is 30.1 Å². The third-order valence-electron chi connectivity index (χ3n) is 2.82. The van der Waals surface area contributed by atoms with E-state index in [4.69, 9.17) is 4.74 Å². The summed E-state index contributed by atoms with van der Waals surface area (Å²) in [6.07, 6.45) is 5.42. The fourth-order valence-electron chi connectivity index (χ4n) is 1.80. The summed E-state index contributed by atoms with van der Waals surface area (Å²) in [4.78, 5) is 4.23. The molecule has 0 aromatic carbocycles. The number of hydrogen-bond donors (Lipinski definition) is 0. The van der Waals surface area contributed by atoms with E-state index in [1.165, 1.54) is 0 Å². The molecule has 0 saturated carbocycles. The van der Waals surface area contributed by atoms with Crippen LogP contribution in [0.5, 0.6) is 5.88 Å². The van der Waals surface area contributed by atoms with Crippen molar-refractivity contribution >= 4 is 0 Å². The largest absolute Gasteiger partial charge is 0.480 e. The molecule has 8 nitrogen and oxygen atoms in total. The minimum Gasteiger partial charge on any atom is -0.480 e. The van der Waals surface area contributed by atoms with Crippen molar-refractivity contribution in [3.05, 3.63) is 36.4 Å². The first-order valence-corrected chi connectivity index (χ1v) is 6.00. The average molecular weight is 271 g/mol. The Bertz CT molecular complexity index is 701. The first-order valence-electron chi connectivity index (χ1n) is 6.00. The summed E-state index contributed by atoms with van der Waals surface area (Å²) in [6, 6.07) is 3.60. The van der Waals surface area contributed by atoms with Gasteiger partial charge in [-0.25, -0.2) is 9.67 Å². The second-order valence-electron chi connectivity index (χ2n) is 4.23. The van der Waals surface area contributed by atoms with Crippen LogP contribution in [-0.4, -0.2) is 41.9 Å². The van der Waals surface area contributed by atoms with Gasteiger partial charge in [0.2, 0.25) is 5.88 Å². The highest BCUT2D eigenvalue weighted by Crippen LogP contribution is 2.12. The van der Waals surface area contributed by atoms with Gasteiger partial charge >= 0.3 is 0 Å². The zero-order chi connectivity index (χ0) is 13.9. The van der Waals surface area contributed by atoms with E-state index < -0.39 is 0 Å². The number of hydrogen-bond acceptors (Lipinski definition) is 6. The van der Waals surface area contributed by atoms with Crippen molar-refractivity contribution in [2.24, 2.45) is 7.05 Å². The highest BCUT2D eigenvalue weighted by molar-refractivity contribution is 5.47. The van der Waals surface area contributed by atoms with Gasteiger partial charge < -0.3 is 9.30 Å². The van der Waals surface area contributed by atoms with Crippen LogP contribution in [0.4, 0.5) is 0 Å². The monoisotopic (exact) mass is 271 g/mol. The highest BCUT2D eigenvalue weighted by atomic mass is 16.5. The summed E-state index contributed by atoms with van der Waals surface area (Å²) in [6.45, 7) is 0.494. The van der Waals surface area contributed by atoms with Crippen molar-refractivity contribution in [2.75, 3.05) is 7.11 Å². The Labute approximate surface area is 115 Å². The summed E-state index contributed by atoms with van der Waals surface area (Å²) in [5.41, 5.74) is 1.50. The molecular formula is C12H13N7O. The van der Waals surface area contributed by atoms with Crippen LogP contribution in [0.2, 0.25) is 0 Å². The van der Waals surface area contributed by atoms with Gasteiger partial charge in [-0.3, -0.25) is 0 Å². The zero-order valence-corrected chi connectivity index (χ0v) is 11.1. The Morgan fingerprint density at radius 3 is 2.75 bits per heavy atom. The van der Waals surface area contributed by atoms with Crippen LogP contribution in [0, 0.1) is 0 Å². The fourth-order valence-corrected chi connectivity index (χ4v) is 1.80. The number of methoxy groups -OCH3 is 1. The number of aryl methyl sites for hydroxylation is 1. The van der Waals surface area contributed by atoms with Crippen LogP contribution >= 0.6 is 0 Å². The maximum Gasteiger partial charge on any atom is 0.233 e. The molecule has 0 atom stereocenters. The van der Waals surface area contributed by atoms with E-state index in [9.17, 15) is 0 Å². The Balaban J connectivity index is 1.78. The molecule has 0 spiro atoms. The van der Waals surface area contributed by atoms with Crippen molar-refractivity contribution < 1.29 is 4.74 Å². The summed E-state index contributed by atoms with van der Waals surface area (Å²) in [7, 11) is 3.47. The van der Waals surface area contributed by atoms with Crippen molar-refractivity contribution in [1.82, 2.24) is 34.7 Å². The SMILES string of the molecule is COc1ccc(Cn2cc(-c3nccn3C)nn2)nn1. The van der Waals surface area contributed by atoms with Crippen LogP contribution in [-0.2, 0) is 13.6 Å². The van der Waals surface area contributed by atoms with E-state index >= 15 is 0 Å². The Hall–Kier alpha value is -2.77. The normalized spacial score (nSPS) is 10.7. The first kappa shape index (κ1) is 12.3. The maximum absolute atomic E-state index is 4.97. The molecular weight excluding hydrogens is 258 g/mol. The number of imidazole rings is 1. The minimum absolute atomic E-state index is 0.487. The molecule has 0 radical (unpaired) electrons. The van der Waals surface area contributed by atoms with Gasteiger partial charge in [-0.1, -0.05) is 5.21 Å². The number of nitrogens with zero attached hydrogens (tertiary/aromatic N) is 7. The lowest BCUT2D eigenvalue weighted by Gasteiger charge is -2.00. The second-order valence-corrected chi connectivity index (χ2v) is 4.23. The third-order valence-corrected chi connectivity index (χ3v) is 2.82. The lowest BCUT2D eigenvalue weighted by Crippen LogP contribution is -2.04. The molecule has 0 N–H and O–H groups in total. The molecule has 3 aromatic heterocycles. The molecule has 0 amide bonds. The molecule has 0 bridgehead atoms. The molecule has 0 aliphatic carbocycles. The Kier molecular flexibility index (Phi) is 3.12. The average Bonchev–Trinajstić information content (AvgIpc) is 3.08. The predicted octanol–water partition coefficient (Wildman–Crippen LogP) is 0.525. The van der Waals surface area contributed by atoms with E-state index in [0.717, 1.165) is 17.2 Å². The van der Waals surface area contributed by atoms with Crippen LogP contribution in [0.3, 0.4) is 0 Å². The summed E-state index contributed by atoms with van der Waals surface area (Å²) in [5.74, 6) is 1.26. The second kappa shape index (κ2) is 5.08. The molecule has 3 heterocycles. The van der Waals surface area contributed by atoms with Gasteiger partial charge in [-0.05, 0) is 6.07 Å². The van der Waals surface area contributed by atoms with Crippen molar-refractivity contribution in [1.29, 1.82) is 0 Å². The van der Waals surface area contributed by atoms with Crippen molar-refractivity contribution in [3.8, 4) is 17.4 Å². The van der Waals surface area contributed by atoms with Crippen molar-refractivity contribution in [2.45, 2.75) is 6.54 Å². The topological polar surface area (TPSA) is 83.5 Å². The molecule has 0 fully saturated rings. The van der Waals surface area contributed by atoms with Gasteiger partial charge in [0.1, 0.15) is 5.69 Å². The van der Waals surface area contributed by atoms with Gasteiger partial charge in [0.25, 0.3) is 0 Å². The van der Waals surface area contributed by atoms with E-state index in [2.05, 4.69) is 25.5 Å². The third kappa shape index (κ3) is 2.35. The van der Waals surface area contributed by atoms with E-state index in [1.54, 1.807) is 24.1 Å². The quantitative estimate of drug-likeness (QED) is 0.688. The molecule has 20 heavy (non-hydrogen) atoms. The lowest BCUT2D eigenvalue weighted by atomic mass is 10.4. The predicted molar refractivity (Wildman–Crippen MR) is 69.9 cm³/mol. The molecule has 3 aromatic rings. The van der Waals surface area contributed by atoms with E-state index in [-0.39, 0.29) is 0 Å². The molecule has 3 rings (SSSR count). The van der Waals surface area contributed by atoms with Gasteiger partial charge in [0.15, 0.2) is 5.82 Å². The number of rotatable bonds is 4. The number of aromatic nitrogens is 7. The summed E-state index contributed by atoms with van der Waals surface area (Å²) in [5, 5.41) is 16.1. The smallest absolute Gasteiger partial charge is 0.233 e. The minimum atomic E-state index is 0.487. The van der Waals surface area contributed by atoms with Gasteiger partial charge in [-0.2, -0.15) is 0 Å². The molecule has 0 unspecified atom stereocenters. The number of ether oxygens (including phenoxy) is 1. The van der Waals surface area contributed by atoms with Crippen LogP contribution in [0.1, 0.15) is 5.69 Å². The Morgan fingerprint density at radius 1 is 1.20 bits per heavy atom. The van der Waals surface area contributed by atoms with Gasteiger partial charge in [0, 0.05) is 25.5 Å². The molecule has 102 valence electrons. The lowest BCUT2D eigenvalue weighted by molar-refractivity contribution is 0.390. The molecule has 0 saturated heterocycles.